The van der Waals surface area contributed by atoms with Gasteiger partial charge in [0.25, 0.3) is 0 Å². The lowest BCUT2D eigenvalue weighted by Crippen LogP contribution is -2.21. The summed E-state index contributed by atoms with van der Waals surface area (Å²) in [5.41, 5.74) is 3.34. The Morgan fingerprint density at radius 3 is 2.83 bits per heavy atom. The number of rotatable bonds is 6. The number of nitrogens with one attached hydrogen (secondary N) is 2. The fourth-order valence-corrected chi connectivity index (χ4v) is 3.22. The molecule has 0 radical (unpaired) electrons. The van der Waals surface area contributed by atoms with Crippen LogP contribution in [-0.2, 0) is 11.2 Å². The quantitative estimate of drug-likeness (QED) is 0.373. The van der Waals surface area contributed by atoms with Gasteiger partial charge in [-0.15, -0.1) is 0 Å². The van der Waals surface area contributed by atoms with Crippen molar-refractivity contribution in [2.24, 2.45) is 0 Å². The average molecular weight is 403 g/mol. The highest BCUT2D eigenvalue weighted by molar-refractivity contribution is 5.93. The van der Waals surface area contributed by atoms with E-state index in [-0.39, 0.29) is 12.3 Å². The summed E-state index contributed by atoms with van der Waals surface area (Å²) in [5.74, 6) is 0.567. The Morgan fingerprint density at radius 1 is 1.27 bits per heavy atom. The molecule has 0 bridgehead atoms. The number of benzene rings is 2. The molecule has 0 aliphatic carbocycles. The summed E-state index contributed by atoms with van der Waals surface area (Å²) in [6.45, 7) is 7.85. The Hall–Kier alpha value is -3.87. The summed E-state index contributed by atoms with van der Waals surface area (Å²) in [7, 11) is 0. The number of para-hydroxylation sites is 2. The number of nitrogens with zero attached hydrogens (tertiary/aromatic N) is 1. The third kappa shape index (κ3) is 3.96. The fourth-order valence-electron chi connectivity index (χ4n) is 3.22. The van der Waals surface area contributed by atoms with Gasteiger partial charge in [0, 0.05) is 11.5 Å². The van der Waals surface area contributed by atoms with Gasteiger partial charge in [-0.05, 0) is 49.2 Å². The molecule has 1 amide bonds. The van der Waals surface area contributed by atoms with E-state index in [1.54, 1.807) is 19.1 Å². The van der Waals surface area contributed by atoms with E-state index in [0.29, 0.717) is 35.0 Å². The predicted octanol–water partition coefficient (Wildman–Crippen LogP) is 4.11. The molecule has 4 aromatic rings. The molecule has 0 atom stereocenters. The molecule has 2 heterocycles. The Bertz CT molecular complexity index is 1300. The van der Waals surface area contributed by atoms with Crippen molar-refractivity contribution in [3.05, 3.63) is 76.2 Å². The number of fused-ring (bicyclic) bond motifs is 2. The number of hydrogen-bond donors (Lipinski definition) is 2. The molecule has 0 fully saturated rings. The molecule has 0 aliphatic heterocycles. The minimum atomic E-state index is -0.545. The van der Waals surface area contributed by atoms with E-state index in [9.17, 15) is 9.59 Å². The van der Waals surface area contributed by atoms with Crippen molar-refractivity contribution in [1.29, 1.82) is 0 Å². The van der Waals surface area contributed by atoms with Gasteiger partial charge in [0.05, 0.1) is 23.0 Å². The highest BCUT2D eigenvalue weighted by Gasteiger charge is 2.16. The molecule has 0 saturated carbocycles. The molecule has 0 unspecified atom stereocenters. The molecule has 7 nitrogen and oxygen atoms in total. The zero-order chi connectivity index (χ0) is 21.3. The predicted molar refractivity (Wildman–Crippen MR) is 116 cm³/mol. The zero-order valence-electron chi connectivity index (χ0n) is 16.7. The third-order valence-corrected chi connectivity index (χ3v) is 4.73. The van der Waals surface area contributed by atoms with E-state index in [0.717, 1.165) is 22.0 Å². The fraction of sp³-hybridized carbons (Fsp3) is 0.174. The van der Waals surface area contributed by atoms with Gasteiger partial charge in [-0.1, -0.05) is 18.7 Å². The average Bonchev–Trinajstić information content (AvgIpc) is 3.11. The van der Waals surface area contributed by atoms with Gasteiger partial charge in [0.2, 0.25) is 11.9 Å². The summed E-state index contributed by atoms with van der Waals surface area (Å²) in [4.78, 5) is 32.4. The normalized spacial score (nSPS) is 11.0. The van der Waals surface area contributed by atoms with E-state index in [2.05, 4.69) is 21.9 Å². The minimum Gasteiger partial charge on any atom is -0.489 e. The van der Waals surface area contributed by atoms with Crippen LogP contribution in [0.3, 0.4) is 0 Å². The number of H-pyrrole nitrogens is 1. The van der Waals surface area contributed by atoms with Crippen molar-refractivity contribution < 1.29 is 13.9 Å². The molecule has 4 rings (SSSR count). The number of aryl methyl sites for hydroxylation is 1. The summed E-state index contributed by atoms with van der Waals surface area (Å²) in [6.07, 6.45) is -0.116. The maximum atomic E-state index is 12.5. The van der Waals surface area contributed by atoms with Crippen molar-refractivity contribution in [2.45, 2.75) is 20.3 Å². The monoisotopic (exact) mass is 403 g/mol. The number of aromatic nitrogens is 2. The van der Waals surface area contributed by atoms with Crippen LogP contribution in [-0.4, -0.2) is 22.5 Å². The number of hydrogen-bond acceptors (Lipinski definition) is 5. The van der Waals surface area contributed by atoms with Crippen LogP contribution < -0.4 is 15.7 Å². The first kappa shape index (κ1) is 19.4. The Kier molecular flexibility index (Phi) is 5.10. The lowest BCUT2D eigenvalue weighted by molar-refractivity contribution is -0.115. The lowest BCUT2D eigenvalue weighted by atomic mass is 10.0. The maximum Gasteiger partial charge on any atom is 0.340 e. The Morgan fingerprint density at radius 2 is 2.07 bits per heavy atom. The highest BCUT2D eigenvalue weighted by atomic mass is 16.5. The number of carbonyl (C=O) groups excluding carboxylic acids is 1. The van der Waals surface area contributed by atoms with Crippen LogP contribution in [0.5, 0.6) is 5.75 Å². The molecule has 2 aromatic heterocycles. The van der Waals surface area contributed by atoms with Gasteiger partial charge >= 0.3 is 5.63 Å². The number of anilines is 1. The second-order valence-electron chi connectivity index (χ2n) is 7.22. The molecule has 0 aliphatic rings. The summed E-state index contributed by atoms with van der Waals surface area (Å²) >= 11 is 0. The number of imidazole rings is 1. The Balaban J connectivity index is 1.57. The third-order valence-electron chi connectivity index (χ3n) is 4.73. The first-order valence-corrected chi connectivity index (χ1v) is 9.49. The van der Waals surface area contributed by atoms with Crippen LogP contribution in [0.1, 0.15) is 18.1 Å². The van der Waals surface area contributed by atoms with Crippen molar-refractivity contribution in [2.75, 3.05) is 11.9 Å². The molecular weight excluding hydrogens is 382 g/mol. The van der Waals surface area contributed by atoms with Crippen LogP contribution in [0.25, 0.3) is 22.0 Å². The second-order valence-corrected chi connectivity index (χ2v) is 7.22. The SMILES string of the molecule is C=C(C)COc1ccc2c(C)c(CC(=O)Nc3nc4ccccc4[nH]3)c(=O)oc2c1. The molecule has 0 spiro atoms. The van der Waals surface area contributed by atoms with Crippen LogP contribution in [0.2, 0.25) is 0 Å². The molecule has 2 N–H and O–H groups in total. The minimum absolute atomic E-state index is 0.116. The smallest absolute Gasteiger partial charge is 0.340 e. The maximum absolute atomic E-state index is 12.5. The van der Waals surface area contributed by atoms with Crippen molar-refractivity contribution in [3.63, 3.8) is 0 Å². The van der Waals surface area contributed by atoms with E-state index >= 15 is 0 Å². The standard InChI is InChI=1S/C23H21N3O4/c1-13(2)12-29-15-8-9-16-14(3)17(22(28)30-20(16)10-15)11-21(27)26-23-24-18-6-4-5-7-19(18)25-23/h4-10H,1,11-12H2,2-3H3,(H2,24,25,26,27). The number of carbonyl (C=O) groups is 1. The van der Waals surface area contributed by atoms with Crippen molar-refractivity contribution in [1.82, 2.24) is 9.97 Å². The second kappa shape index (κ2) is 7.87. The first-order valence-electron chi connectivity index (χ1n) is 9.49. The van der Waals surface area contributed by atoms with Crippen LogP contribution >= 0.6 is 0 Å². The molecule has 0 saturated heterocycles. The molecule has 2 aromatic carbocycles. The molecule has 152 valence electrons. The van der Waals surface area contributed by atoms with Gasteiger partial charge in [0.15, 0.2) is 0 Å². The van der Waals surface area contributed by atoms with E-state index in [4.69, 9.17) is 9.15 Å². The van der Waals surface area contributed by atoms with Gasteiger partial charge in [-0.2, -0.15) is 0 Å². The molecule has 30 heavy (non-hydrogen) atoms. The van der Waals surface area contributed by atoms with Gasteiger partial charge in [-0.3, -0.25) is 10.1 Å². The van der Waals surface area contributed by atoms with Crippen molar-refractivity contribution in [3.8, 4) is 5.75 Å². The topological polar surface area (TPSA) is 97.2 Å². The number of aromatic amines is 1. The molecule has 7 heteroatoms. The van der Waals surface area contributed by atoms with Gasteiger partial charge in [-0.25, -0.2) is 9.78 Å². The van der Waals surface area contributed by atoms with Crippen LogP contribution in [0, 0.1) is 6.92 Å². The molecular formula is C23H21N3O4. The number of ether oxygens (including phenoxy) is 1. The van der Waals surface area contributed by atoms with E-state index in [1.165, 1.54) is 0 Å². The van der Waals surface area contributed by atoms with Gasteiger partial charge in [0.1, 0.15) is 17.9 Å². The first-order chi connectivity index (χ1) is 14.4. The van der Waals surface area contributed by atoms with Crippen LogP contribution in [0.15, 0.2) is 63.8 Å². The highest BCUT2D eigenvalue weighted by Crippen LogP contribution is 2.25. The summed E-state index contributed by atoms with van der Waals surface area (Å²) < 4.78 is 11.1. The van der Waals surface area contributed by atoms with Crippen molar-refractivity contribution >= 4 is 33.9 Å². The largest absolute Gasteiger partial charge is 0.489 e. The van der Waals surface area contributed by atoms with Gasteiger partial charge < -0.3 is 14.1 Å². The summed E-state index contributed by atoms with van der Waals surface area (Å²) in [5, 5.41) is 3.46. The Labute approximate surface area is 172 Å². The van der Waals surface area contributed by atoms with E-state index < -0.39 is 5.63 Å². The van der Waals surface area contributed by atoms with E-state index in [1.807, 2.05) is 37.3 Å². The zero-order valence-corrected chi connectivity index (χ0v) is 16.7. The van der Waals surface area contributed by atoms with Crippen LogP contribution in [0.4, 0.5) is 5.95 Å². The number of amides is 1. The summed E-state index contributed by atoms with van der Waals surface area (Å²) in [6, 6.07) is 12.8. The lowest BCUT2D eigenvalue weighted by Gasteiger charge is -2.10.